The summed E-state index contributed by atoms with van der Waals surface area (Å²) in [5.41, 5.74) is -0.899. The Balaban J connectivity index is 4.29. The number of ether oxygens (including phenoxy) is 1. The highest BCUT2D eigenvalue weighted by molar-refractivity contribution is 5.78. The van der Waals surface area contributed by atoms with E-state index in [0.717, 1.165) is 13.1 Å². The molecule has 0 aromatic rings. The molecule has 90 valence electrons. The minimum atomic E-state index is -0.899. The number of methoxy groups -OCH3 is 1. The minimum Gasteiger partial charge on any atom is -0.480 e. The molecule has 1 unspecified atom stereocenters. The second-order valence-electron chi connectivity index (χ2n) is 3.75. The Kier molecular flexibility index (Phi) is 6.47. The van der Waals surface area contributed by atoms with Crippen LogP contribution in [0.2, 0.25) is 0 Å². The summed E-state index contributed by atoms with van der Waals surface area (Å²) < 4.78 is 4.97. The van der Waals surface area contributed by atoms with E-state index in [4.69, 9.17) is 9.84 Å². The van der Waals surface area contributed by atoms with Crippen molar-refractivity contribution in [1.29, 1.82) is 0 Å². The summed E-state index contributed by atoms with van der Waals surface area (Å²) in [6.45, 7) is 6.34. The third-order valence-corrected chi connectivity index (χ3v) is 2.62. The maximum Gasteiger partial charge on any atom is 0.324 e. The molecule has 1 atom stereocenters. The van der Waals surface area contributed by atoms with Crippen LogP contribution in [0.25, 0.3) is 0 Å². The molecule has 0 fully saturated rings. The summed E-state index contributed by atoms with van der Waals surface area (Å²) in [7, 11) is 3.31. The number of aliphatic carboxylic acids is 1. The van der Waals surface area contributed by atoms with E-state index in [2.05, 4.69) is 5.32 Å². The normalized spacial score (nSPS) is 15.3. The van der Waals surface area contributed by atoms with Gasteiger partial charge in [0.1, 0.15) is 5.54 Å². The van der Waals surface area contributed by atoms with Gasteiger partial charge in [0.25, 0.3) is 0 Å². The Morgan fingerprint density at radius 1 is 1.60 bits per heavy atom. The Morgan fingerprint density at radius 3 is 2.53 bits per heavy atom. The number of hydrogen-bond acceptors (Lipinski definition) is 4. The van der Waals surface area contributed by atoms with Gasteiger partial charge in [-0.1, -0.05) is 6.92 Å². The maximum absolute atomic E-state index is 11.1. The summed E-state index contributed by atoms with van der Waals surface area (Å²) >= 11 is 0. The van der Waals surface area contributed by atoms with E-state index < -0.39 is 11.5 Å². The molecule has 0 aliphatic rings. The molecule has 0 saturated carbocycles. The third-order valence-electron chi connectivity index (χ3n) is 2.62. The SMILES string of the molecule is CCN(CCOC)CC(C)(NC)C(=O)O. The molecule has 0 aromatic heterocycles. The number of likely N-dealkylation sites (N-methyl/N-ethyl adjacent to an activating group) is 2. The fraction of sp³-hybridized carbons (Fsp3) is 0.900. The van der Waals surface area contributed by atoms with E-state index in [1.54, 1.807) is 21.1 Å². The molecule has 0 radical (unpaired) electrons. The summed E-state index contributed by atoms with van der Waals surface area (Å²) in [4.78, 5) is 13.1. The zero-order valence-electron chi connectivity index (χ0n) is 10.0. The largest absolute Gasteiger partial charge is 0.480 e. The fourth-order valence-corrected chi connectivity index (χ4v) is 1.27. The number of rotatable bonds is 8. The quantitative estimate of drug-likeness (QED) is 0.601. The molecule has 0 amide bonds. The first-order valence-electron chi connectivity index (χ1n) is 5.13. The van der Waals surface area contributed by atoms with E-state index in [1.807, 2.05) is 11.8 Å². The highest BCUT2D eigenvalue weighted by Gasteiger charge is 2.32. The lowest BCUT2D eigenvalue weighted by atomic mass is 10.0. The van der Waals surface area contributed by atoms with Gasteiger partial charge in [0.15, 0.2) is 0 Å². The average Bonchev–Trinajstić information content (AvgIpc) is 2.23. The van der Waals surface area contributed by atoms with Crippen molar-refractivity contribution in [2.45, 2.75) is 19.4 Å². The van der Waals surface area contributed by atoms with Crippen LogP contribution in [0.15, 0.2) is 0 Å². The second-order valence-corrected chi connectivity index (χ2v) is 3.75. The third kappa shape index (κ3) is 4.59. The summed E-state index contributed by atoms with van der Waals surface area (Å²) in [6.07, 6.45) is 0. The maximum atomic E-state index is 11.1. The number of hydrogen-bond donors (Lipinski definition) is 2. The van der Waals surface area contributed by atoms with Gasteiger partial charge in [-0.2, -0.15) is 0 Å². The predicted molar refractivity (Wildman–Crippen MR) is 59.1 cm³/mol. The van der Waals surface area contributed by atoms with Gasteiger partial charge in [0.2, 0.25) is 0 Å². The summed E-state index contributed by atoms with van der Waals surface area (Å²) in [5.74, 6) is -0.833. The van der Waals surface area contributed by atoms with Crippen LogP contribution in [0, 0.1) is 0 Å². The van der Waals surface area contributed by atoms with Crippen LogP contribution in [0.4, 0.5) is 0 Å². The van der Waals surface area contributed by atoms with Crippen molar-refractivity contribution in [3.05, 3.63) is 0 Å². The van der Waals surface area contributed by atoms with Gasteiger partial charge in [-0.05, 0) is 20.5 Å². The number of nitrogens with one attached hydrogen (secondary N) is 1. The van der Waals surface area contributed by atoms with Gasteiger partial charge in [-0.15, -0.1) is 0 Å². The lowest BCUT2D eigenvalue weighted by Gasteiger charge is -2.31. The molecular weight excluding hydrogens is 196 g/mol. The lowest BCUT2D eigenvalue weighted by Crippen LogP contribution is -2.55. The first-order chi connectivity index (χ1) is 7.00. The van der Waals surface area contributed by atoms with E-state index >= 15 is 0 Å². The lowest BCUT2D eigenvalue weighted by molar-refractivity contribution is -0.144. The molecule has 0 rings (SSSR count). The standard InChI is InChI=1S/C10H22N2O3/c1-5-12(6-7-15-4)8-10(2,11-3)9(13)14/h11H,5-8H2,1-4H3,(H,13,14). The Bertz CT molecular complexity index is 199. The Hall–Kier alpha value is -0.650. The zero-order valence-corrected chi connectivity index (χ0v) is 10.0. The second kappa shape index (κ2) is 6.76. The van der Waals surface area contributed by atoms with Crippen LogP contribution in [-0.2, 0) is 9.53 Å². The van der Waals surface area contributed by atoms with Crippen LogP contribution in [-0.4, -0.2) is 61.9 Å². The molecule has 0 saturated heterocycles. The molecular formula is C10H22N2O3. The van der Waals surface area contributed by atoms with Gasteiger partial charge in [0, 0.05) is 20.2 Å². The fourth-order valence-electron chi connectivity index (χ4n) is 1.27. The van der Waals surface area contributed by atoms with E-state index in [0.29, 0.717) is 13.2 Å². The average molecular weight is 218 g/mol. The monoisotopic (exact) mass is 218 g/mol. The number of carboxylic acids is 1. The predicted octanol–water partition coefficient (Wildman–Crippen LogP) is 0.0174. The van der Waals surface area contributed by atoms with Crippen LogP contribution < -0.4 is 5.32 Å². The van der Waals surface area contributed by atoms with Crippen LogP contribution >= 0.6 is 0 Å². The van der Waals surface area contributed by atoms with Crippen LogP contribution in [0.1, 0.15) is 13.8 Å². The molecule has 5 nitrogen and oxygen atoms in total. The number of nitrogens with zero attached hydrogens (tertiary/aromatic N) is 1. The van der Waals surface area contributed by atoms with Crippen molar-refractivity contribution >= 4 is 5.97 Å². The molecule has 0 heterocycles. The highest BCUT2D eigenvalue weighted by atomic mass is 16.5. The molecule has 0 aromatic carbocycles. The molecule has 5 heteroatoms. The number of carbonyl (C=O) groups is 1. The molecule has 0 bridgehead atoms. The molecule has 0 spiro atoms. The zero-order chi connectivity index (χ0) is 11.9. The minimum absolute atomic E-state index is 0.471. The summed E-state index contributed by atoms with van der Waals surface area (Å²) in [5, 5.41) is 11.9. The van der Waals surface area contributed by atoms with Crippen molar-refractivity contribution in [1.82, 2.24) is 10.2 Å². The number of carboxylic acid groups (broad SMARTS) is 1. The molecule has 0 aliphatic carbocycles. The van der Waals surface area contributed by atoms with Gasteiger partial charge in [-0.3, -0.25) is 9.69 Å². The highest BCUT2D eigenvalue weighted by Crippen LogP contribution is 2.06. The summed E-state index contributed by atoms with van der Waals surface area (Å²) in [6, 6.07) is 0. The van der Waals surface area contributed by atoms with Gasteiger partial charge >= 0.3 is 5.97 Å². The molecule has 15 heavy (non-hydrogen) atoms. The van der Waals surface area contributed by atoms with Crippen molar-refractivity contribution in [3.63, 3.8) is 0 Å². The Labute approximate surface area is 91.4 Å². The molecule has 2 N–H and O–H groups in total. The van der Waals surface area contributed by atoms with E-state index in [-0.39, 0.29) is 0 Å². The van der Waals surface area contributed by atoms with Crippen molar-refractivity contribution < 1.29 is 14.6 Å². The van der Waals surface area contributed by atoms with Gasteiger partial charge in [0.05, 0.1) is 6.61 Å². The Morgan fingerprint density at radius 2 is 2.20 bits per heavy atom. The van der Waals surface area contributed by atoms with E-state index in [1.165, 1.54) is 0 Å². The van der Waals surface area contributed by atoms with Crippen molar-refractivity contribution in [3.8, 4) is 0 Å². The van der Waals surface area contributed by atoms with Gasteiger partial charge < -0.3 is 15.2 Å². The van der Waals surface area contributed by atoms with Gasteiger partial charge in [-0.25, -0.2) is 0 Å². The molecule has 0 aliphatic heterocycles. The van der Waals surface area contributed by atoms with E-state index in [9.17, 15) is 4.79 Å². The van der Waals surface area contributed by atoms with Crippen molar-refractivity contribution in [2.24, 2.45) is 0 Å². The first-order valence-corrected chi connectivity index (χ1v) is 5.13. The van der Waals surface area contributed by atoms with Crippen molar-refractivity contribution in [2.75, 3.05) is 40.4 Å². The van der Waals surface area contributed by atoms with Crippen LogP contribution in [0.5, 0.6) is 0 Å². The topological polar surface area (TPSA) is 61.8 Å². The first kappa shape index (κ1) is 14.3. The smallest absolute Gasteiger partial charge is 0.324 e. The van der Waals surface area contributed by atoms with Crippen LogP contribution in [0.3, 0.4) is 0 Å².